The van der Waals surface area contributed by atoms with Gasteiger partial charge in [-0.1, -0.05) is 24.1 Å². The fourth-order valence-electron chi connectivity index (χ4n) is 0.357. The number of nitrogens with zero attached hydrogens (tertiary/aromatic N) is 6. The SMILES string of the molecule is CC(C)(CN=[N+]=[N-])N=[N+]=[N-]. The van der Waals surface area contributed by atoms with E-state index in [-0.39, 0.29) is 6.54 Å². The zero-order chi connectivity index (χ0) is 8.04. The van der Waals surface area contributed by atoms with Crippen LogP contribution in [0.5, 0.6) is 0 Å². The summed E-state index contributed by atoms with van der Waals surface area (Å²) < 4.78 is 0. The second kappa shape index (κ2) is 3.61. The molecular formula is C4H8N6. The third-order valence-corrected chi connectivity index (χ3v) is 0.836. The minimum atomic E-state index is -0.610. The molecule has 10 heavy (non-hydrogen) atoms. The molecule has 0 rings (SSSR count). The molecule has 0 aromatic carbocycles. The molecule has 6 heteroatoms. The summed E-state index contributed by atoms with van der Waals surface area (Å²) in [6, 6.07) is 0. The molecule has 0 bridgehead atoms. The molecule has 0 aromatic rings. The maximum Gasteiger partial charge on any atom is 0.0487 e. The van der Waals surface area contributed by atoms with Crippen molar-refractivity contribution in [1.82, 2.24) is 0 Å². The third-order valence-electron chi connectivity index (χ3n) is 0.836. The van der Waals surface area contributed by atoms with Gasteiger partial charge in [0.05, 0.1) is 0 Å². The first-order valence-electron chi connectivity index (χ1n) is 2.69. The van der Waals surface area contributed by atoms with E-state index in [9.17, 15) is 0 Å². The van der Waals surface area contributed by atoms with E-state index in [1.807, 2.05) is 0 Å². The van der Waals surface area contributed by atoms with Crippen molar-refractivity contribution in [2.45, 2.75) is 19.4 Å². The Morgan fingerprint density at radius 3 is 2.30 bits per heavy atom. The van der Waals surface area contributed by atoms with Crippen LogP contribution in [0.4, 0.5) is 0 Å². The smallest absolute Gasteiger partial charge is 0.0487 e. The number of rotatable bonds is 3. The van der Waals surface area contributed by atoms with E-state index in [1.165, 1.54) is 0 Å². The van der Waals surface area contributed by atoms with Crippen LogP contribution in [0.3, 0.4) is 0 Å². The molecule has 0 radical (unpaired) electrons. The van der Waals surface area contributed by atoms with E-state index in [2.05, 4.69) is 20.1 Å². The fourth-order valence-corrected chi connectivity index (χ4v) is 0.357. The van der Waals surface area contributed by atoms with Gasteiger partial charge in [-0.25, -0.2) is 0 Å². The van der Waals surface area contributed by atoms with Crippen molar-refractivity contribution in [2.75, 3.05) is 6.54 Å². The number of hydrogen-bond acceptors (Lipinski definition) is 2. The zero-order valence-corrected chi connectivity index (χ0v) is 5.89. The summed E-state index contributed by atoms with van der Waals surface area (Å²) in [5.41, 5.74) is 15.3. The van der Waals surface area contributed by atoms with Gasteiger partial charge in [0.2, 0.25) is 0 Å². The molecule has 0 aliphatic carbocycles. The van der Waals surface area contributed by atoms with Crippen LogP contribution in [0.1, 0.15) is 13.8 Å². The Labute approximate surface area is 58.1 Å². The molecule has 0 heterocycles. The summed E-state index contributed by atoms with van der Waals surface area (Å²) in [6.45, 7) is 3.58. The molecule has 0 saturated heterocycles. The predicted molar refractivity (Wildman–Crippen MR) is 37.2 cm³/mol. The van der Waals surface area contributed by atoms with Crippen LogP contribution in [0, 0.1) is 0 Å². The molecule has 6 nitrogen and oxygen atoms in total. The number of azide groups is 2. The van der Waals surface area contributed by atoms with Gasteiger partial charge < -0.3 is 0 Å². The van der Waals surface area contributed by atoms with Gasteiger partial charge in [-0.2, -0.15) is 0 Å². The van der Waals surface area contributed by atoms with Gasteiger partial charge in [0.25, 0.3) is 0 Å². The van der Waals surface area contributed by atoms with Crippen LogP contribution in [-0.4, -0.2) is 12.1 Å². The fraction of sp³-hybridized carbons (Fsp3) is 1.00. The van der Waals surface area contributed by atoms with E-state index >= 15 is 0 Å². The Morgan fingerprint density at radius 2 is 1.90 bits per heavy atom. The summed E-state index contributed by atoms with van der Waals surface area (Å²) in [6.07, 6.45) is 0. The first-order valence-corrected chi connectivity index (χ1v) is 2.69. The Balaban J connectivity index is 4.11. The lowest BCUT2D eigenvalue weighted by molar-refractivity contribution is 0.528. The quantitative estimate of drug-likeness (QED) is 0.326. The highest BCUT2D eigenvalue weighted by Crippen LogP contribution is 2.08. The molecule has 0 aliphatic rings. The average Bonchev–Trinajstić information content (AvgIpc) is 1.84. The normalized spacial score (nSPS) is 9.40. The van der Waals surface area contributed by atoms with E-state index in [0.29, 0.717) is 0 Å². The van der Waals surface area contributed by atoms with Crippen molar-refractivity contribution in [3.63, 3.8) is 0 Å². The van der Waals surface area contributed by atoms with E-state index in [1.54, 1.807) is 13.8 Å². The Bertz CT molecular complexity index is 194. The van der Waals surface area contributed by atoms with Crippen molar-refractivity contribution >= 4 is 0 Å². The highest BCUT2D eigenvalue weighted by Gasteiger charge is 2.12. The van der Waals surface area contributed by atoms with Crippen LogP contribution < -0.4 is 0 Å². The van der Waals surface area contributed by atoms with Gasteiger partial charge in [-0.3, -0.25) is 0 Å². The van der Waals surface area contributed by atoms with Gasteiger partial charge in [0.1, 0.15) is 0 Å². The van der Waals surface area contributed by atoms with Crippen molar-refractivity contribution in [3.05, 3.63) is 20.9 Å². The van der Waals surface area contributed by atoms with E-state index in [0.717, 1.165) is 0 Å². The van der Waals surface area contributed by atoms with E-state index in [4.69, 9.17) is 11.1 Å². The molecule has 0 fully saturated rings. The minimum Gasteiger partial charge on any atom is -0.0933 e. The molecule has 0 saturated carbocycles. The molecule has 0 amide bonds. The molecule has 0 aromatic heterocycles. The largest absolute Gasteiger partial charge is 0.0933 e. The maximum atomic E-state index is 8.02. The van der Waals surface area contributed by atoms with Gasteiger partial charge in [-0.15, -0.1) is 0 Å². The first-order chi connectivity index (χ1) is 4.62. The summed E-state index contributed by atoms with van der Waals surface area (Å²) in [4.78, 5) is 5.15. The van der Waals surface area contributed by atoms with Crippen LogP contribution in [-0.2, 0) is 0 Å². The minimum absolute atomic E-state index is 0.188. The molecule has 0 N–H and O–H groups in total. The monoisotopic (exact) mass is 140 g/mol. The Morgan fingerprint density at radius 1 is 1.30 bits per heavy atom. The molecule has 0 atom stereocenters. The van der Waals surface area contributed by atoms with Gasteiger partial charge in [0, 0.05) is 21.9 Å². The van der Waals surface area contributed by atoms with Crippen molar-refractivity contribution in [1.29, 1.82) is 0 Å². The average molecular weight is 140 g/mol. The molecular weight excluding hydrogens is 132 g/mol. The van der Waals surface area contributed by atoms with E-state index < -0.39 is 5.54 Å². The summed E-state index contributed by atoms with van der Waals surface area (Å²) in [7, 11) is 0. The topological polar surface area (TPSA) is 97.5 Å². The van der Waals surface area contributed by atoms with Crippen molar-refractivity contribution < 1.29 is 0 Å². The van der Waals surface area contributed by atoms with Crippen LogP contribution >= 0.6 is 0 Å². The van der Waals surface area contributed by atoms with Crippen LogP contribution in [0.15, 0.2) is 10.2 Å². The van der Waals surface area contributed by atoms with Gasteiger partial charge >= 0.3 is 0 Å². The summed E-state index contributed by atoms with van der Waals surface area (Å²) >= 11 is 0. The van der Waals surface area contributed by atoms with Crippen LogP contribution in [0.2, 0.25) is 0 Å². The second-order valence-corrected chi connectivity index (χ2v) is 2.39. The Hall–Kier alpha value is -1.38. The highest BCUT2D eigenvalue weighted by atomic mass is 15.2. The standard InChI is InChI=1S/C4H8N6/c1-4(2,8-10-6)3-7-9-5/h3H2,1-2H3. The summed E-state index contributed by atoms with van der Waals surface area (Å²) in [5.74, 6) is 0. The lowest BCUT2D eigenvalue weighted by Crippen LogP contribution is -2.19. The molecule has 0 unspecified atom stereocenters. The third kappa shape index (κ3) is 3.60. The maximum absolute atomic E-state index is 8.02. The summed E-state index contributed by atoms with van der Waals surface area (Å²) in [5, 5.41) is 6.69. The Kier molecular flexibility index (Phi) is 3.11. The molecule has 54 valence electrons. The van der Waals surface area contributed by atoms with Crippen molar-refractivity contribution in [3.8, 4) is 0 Å². The second-order valence-electron chi connectivity index (χ2n) is 2.39. The van der Waals surface area contributed by atoms with Crippen molar-refractivity contribution in [2.24, 2.45) is 10.2 Å². The highest BCUT2D eigenvalue weighted by molar-refractivity contribution is 4.80. The van der Waals surface area contributed by atoms with Gasteiger partial charge in [-0.05, 0) is 11.1 Å². The molecule has 0 spiro atoms. The number of hydrogen-bond donors (Lipinski definition) is 0. The zero-order valence-electron chi connectivity index (χ0n) is 5.89. The molecule has 0 aliphatic heterocycles. The first kappa shape index (κ1) is 8.62. The lowest BCUT2D eigenvalue weighted by Gasteiger charge is -2.12. The van der Waals surface area contributed by atoms with Gasteiger partial charge in [0.15, 0.2) is 0 Å². The van der Waals surface area contributed by atoms with Crippen LogP contribution in [0.25, 0.3) is 20.9 Å². The predicted octanol–water partition coefficient (Wildman–Crippen LogP) is 2.39. The lowest BCUT2D eigenvalue weighted by atomic mass is 10.1.